The predicted octanol–water partition coefficient (Wildman–Crippen LogP) is 5.14. The van der Waals surface area contributed by atoms with Crippen molar-refractivity contribution in [2.75, 3.05) is 13.2 Å². The topological polar surface area (TPSA) is 47.6 Å². The van der Waals surface area contributed by atoms with Crippen LogP contribution in [0.25, 0.3) is 10.8 Å². The number of benzene rings is 3. The van der Waals surface area contributed by atoms with Gasteiger partial charge in [0.15, 0.2) is 6.10 Å². The number of rotatable bonds is 10. The van der Waals surface area contributed by atoms with Crippen LogP contribution in [0, 0.1) is 0 Å². The van der Waals surface area contributed by atoms with Gasteiger partial charge in [0.05, 0.1) is 6.54 Å². The van der Waals surface area contributed by atoms with Crippen LogP contribution < -0.4 is 14.8 Å². The molecule has 0 saturated heterocycles. The minimum absolute atomic E-state index is 0.123. The predicted molar refractivity (Wildman–Crippen MR) is 118 cm³/mol. The summed E-state index contributed by atoms with van der Waals surface area (Å²) >= 11 is 0. The normalized spacial score (nSPS) is 11.8. The van der Waals surface area contributed by atoms with Crippen molar-refractivity contribution in [3.8, 4) is 11.5 Å². The number of nitrogens with one attached hydrogen (secondary N) is 1. The molecule has 0 bridgehead atoms. The smallest absolute Gasteiger partial charge is 0.261 e. The van der Waals surface area contributed by atoms with Gasteiger partial charge in [-0.05, 0) is 53.4 Å². The Morgan fingerprint density at radius 2 is 1.66 bits per heavy atom. The number of aryl methyl sites for hydroxylation is 1. The zero-order valence-electron chi connectivity index (χ0n) is 17.2. The van der Waals surface area contributed by atoms with Crippen LogP contribution in [0.2, 0.25) is 0 Å². The van der Waals surface area contributed by atoms with Gasteiger partial charge in [-0.15, -0.1) is 0 Å². The van der Waals surface area contributed by atoms with Crippen LogP contribution in [-0.4, -0.2) is 25.2 Å². The van der Waals surface area contributed by atoms with E-state index in [1.54, 1.807) is 0 Å². The van der Waals surface area contributed by atoms with Gasteiger partial charge in [0.2, 0.25) is 0 Å². The first kappa shape index (κ1) is 20.7. The molecule has 0 unspecified atom stereocenters. The van der Waals surface area contributed by atoms with Crippen molar-refractivity contribution in [1.82, 2.24) is 5.32 Å². The third kappa shape index (κ3) is 5.98. The van der Waals surface area contributed by atoms with E-state index in [1.165, 1.54) is 5.56 Å². The van der Waals surface area contributed by atoms with E-state index in [2.05, 4.69) is 30.4 Å². The first-order valence-corrected chi connectivity index (χ1v) is 10.3. The molecular weight excluding hydrogens is 362 g/mol. The molecule has 0 radical (unpaired) electrons. The van der Waals surface area contributed by atoms with E-state index in [-0.39, 0.29) is 5.91 Å². The quantitative estimate of drug-likeness (QED) is 0.487. The van der Waals surface area contributed by atoms with Crippen LogP contribution in [0.1, 0.15) is 32.3 Å². The van der Waals surface area contributed by atoms with Crippen LogP contribution in [0.5, 0.6) is 11.5 Å². The average Bonchev–Trinajstić information content (AvgIpc) is 2.76. The first-order chi connectivity index (χ1) is 14.2. The molecule has 0 saturated carbocycles. The number of carbonyl (C=O) groups excluding carboxylic acids is 1. The largest absolute Gasteiger partial charge is 0.492 e. The molecule has 0 aliphatic carbocycles. The Kier molecular flexibility index (Phi) is 7.51. The molecule has 3 rings (SSSR count). The maximum absolute atomic E-state index is 12.5. The van der Waals surface area contributed by atoms with Crippen LogP contribution in [-0.2, 0) is 11.2 Å². The molecule has 0 aliphatic rings. The molecular formula is C25H29NO3. The maximum atomic E-state index is 12.5. The molecule has 4 heteroatoms. The average molecular weight is 392 g/mol. The summed E-state index contributed by atoms with van der Waals surface area (Å²) in [4.78, 5) is 12.5. The van der Waals surface area contributed by atoms with Crippen molar-refractivity contribution in [3.05, 3.63) is 72.3 Å². The van der Waals surface area contributed by atoms with Crippen molar-refractivity contribution < 1.29 is 14.3 Å². The van der Waals surface area contributed by atoms with Gasteiger partial charge in [0.25, 0.3) is 5.91 Å². The van der Waals surface area contributed by atoms with Crippen molar-refractivity contribution in [3.63, 3.8) is 0 Å². The van der Waals surface area contributed by atoms with Crippen molar-refractivity contribution in [2.24, 2.45) is 0 Å². The van der Waals surface area contributed by atoms with Crippen LogP contribution in [0.3, 0.4) is 0 Å². The maximum Gasteiger partial charge on any atom is 0.261 e. The van der Waals surface area contributed by atoms with E-state index < -0.39 is 6.10 Å². The molecule has 152 valence electrons. The Bertz CT molecular complexity index is 921. The highest BCUT2D eigenvalue weighted by Gasteiger charge is 2.18. The highest BCUT2D eigenvalue weighted by Crippen LogP contribution is 2.22. The van der Waals surface area contributed by atoms with E-state index in [1.807, 2.05) is 55.5 Å². The zero-order valence-corrected chi connectivity index (χ0v) is 17.2. The minimum atomic E-state index is -0.524. The summed E-state index contributed by atoms with van der Waals surface area (Å²) < 4.78 is 11.6. The second kappa shape index (κ2) is 10.5. The summed E-state index contributed by atoms with van der Waals surface area (Å²) in [6, 6.07) is 22.1. The fourth-order valence-corrected chi connectivity index (χ4v) is 3.23. The van der Waals surface area contributed by atoms with Crippen molar-refractivity contribution in [1.29, 1.82) is 0 Å². The van der Waals surface area contributed by atoms with Crippen LogP contribution in [0.4, 0.5) is 0 Å². The highest BCUT2D eigenvalue weighted by atomic mass is 16.5. The molecule has 0 fully saturated rings. The van der Waals surface area contributed by atoms with E-state index in [0.717, 1.165) is 29.4 Å². The molecule has 1 N–H and O–H groups in total. The van der Waals surface area contributed by atoms with Crippen molar-refractivity contribution in [2.45, 2.75) is 39.2 Å². The Morgan fingerprint density at radius 1 is 0.931 bits per heavy atom. The molecule has 29 heavy (non-hydrogen) atoms. The van der Waals surface area contributed by atoms with Crippen molar-refractivity contribution >= 4 is 16.7 Å². The molecule has 0 spiro atoms. The van der Waals surface area contributed by atoms with Gasteiger partial charge >= 0.3 is 0 Å². The molecule has 0 heterocycles. The second-order valence-corrected chi connectivity index (χ2v) is 7.06. The van der Waals surface area contributed by atoms with E-state index in [4.69, 9.17) is 9.47 Å². The number of amides is 1. The van der Waals surface area contributed by atoms with Gasteiger partial charge in [-0.25, -0.2) is 0 Å². The molecule has 3 aromatic rings. The van der Waals surface area contributed by atoms with Gasteiger partial charge < -0.3 is 14.8 Å². The summed E-state index contributed by atoms with van der Waals surface area (Å²) in [7, 11) is 0. The van der Waals surface area contributed by atoms with E-state index in [0.29, 0.717) is 25.3 Å². The second-order valence-electron chi connectivity index (χ2n) is 7.06. The molecule has 3 aromatic carbocycles. The lowest BCUT2D eigenvalue weighted by Gasteiger charge is -2.18. The Labute approximate surface area is 172 Å². The lowest BCUT2D eigenvalue weighted by Crippen LogP contribution is -2.39. The number of carbonyl (C=O) groups is 1. The number of hydrogen-bond acceptors (Lipinski definition) is 3. The SMILES string of the molecule is CCCc1ccc(OCCNC(=O)[C@H](CC)Oc2ccc3ccccc3c2)cc1. The Balaban J connectivity index is 1.46. The monoisotopic (exact) mass is 391 g/mol. The highest BCUT2D eigenvalue weighted by molar-refractivity contribution is 5.84. The summed E-state index contributed by atoms with van der Waals surface area (Å²) in [6.07, 6.45) is 2.28. The molecule has 4 nitrogen and oxygen atoms in total. The zero-order chi connectivity index (χ0) is 20.5. The van der Waals surface area contributed by atoms with Gasteiger partial charge in [-0.3, -0.25) is 4.79 Å². The van der Waals surface area contributed by atoms with Gasteiger partial charge in [-0.2, -0.15) is 0 Å². The molecule has 0 aromatic heterocycles. The lowest BCUT2D eigenvalue weighted by molar-refractivity contribution is -0.128. The van der Waals surface area contributed by atoms with Crippen LogP contribution in [0.15, 0.2) is 66.7 Å². The number of fused-ring (bicyclic) bond motifs is 1. The van der Waals surface area contributed by atoms with E-state index >= 15 is 0 Å². The number of hydrogen-bond donors (Lipinski definition) is 1. The third-order valence-corrected chi connectivity index (χ3v) is 4.79. The van der Waals surface area contributed by atoms with Crippen LogP contribution >= 0.6 is 0 Å². The van der Waals surface area contributed by atoms with Gasteiger partial charge in [-0.1, -0.05) is 62.7 Å². The minimum Gasteiger partial charge on any atom is -0.492 e. The summed E-state index contributed by atoms with van der Waals surface area (Å²) in [5.74, 6) is 1.40. The molecule has 1 atom stereocenters. The Morgan fingerprint density at radius 3 is 2.38 bits per heavy atom. The van der Waals surface area contributed by atoms with E-state index in [9.17, 15) is 4.79 Å². The lowest BCUT2D eigenvalue weighted by atomic mass is 10.1. The van der Waals surface area contributed by atoms with Gasteiger partial charge in [0, 0.05) is 0 Å². The Hall–Kier alpha value is -3.01. The molecule has 0 aliphatic heterocycles. The molecule has 1 amide bonds. The standard InChI is InChI=1S/C25H29NO3/c1-3-7-19-10-13-22(14-11-19)28-17-16-26-25(27)24(4-2)29-23-15-12-20-8-5-6-9-21(20)18-23/h5-6,8-15,18,24H,3-4,7,16-17H2,1-2H3,(H,26,27)/t24-/m0/s1. The summed E-state index contributed by atoms with van der Waals surface area (Å²) in [5, 5.41) is 5.15. The summed E-state index contributed by atoms with van der Waals surface area (Å²) in [5.41, 5.74) is 1.31. The third-order valence-electron chi connectivity index (χ3n) is 4.79. The number of ether oxygens (including phenoxy) is 2. The summed E-state index contributed by atoms with van der Waals surface area (Å²) in [6.45, 7) is 4.97. The van der Waals surface area contributed by atoms with Gasteiger partial charge in [0.1, 0.15) is 18.1 Å². The fraction of sp³-hybridized carbons (Fsp3) is 0.320. The first-order valence-electron chi connectivity index (χ1n) is 10.3. The fourth-order valence-electron chi connectivity index (χ4n) is 3.23.